The number of carbonyl (C=O) groups excluding carboxylic acids is 1. The highest BCUT2D eigenvalue weighted by Gasteiger charge is 2.58. The van der Waals surface area contributed by atoms with Crippen molar-refractivity contribution in [1.82, 2.24) is 4.90 Å². The van der Waals surface area contributed by atoms with Crippen molar-refractivity contribution in [2.24, 2.45) is 5.92 Å². The van der Waals surface area contributed by atoms with Crippen LogP contribution in [0, 0.1) is 5.92 Å². The van der Waals surface area contributed by atoms with Crippen LogP contribution >= 0.6 is 0 Å². The summed E-state index contributed by atoms with van der Waals surface area (Å²) in [5, 5.41) is 9.14. The summed E-state index contributed by atoms with van der Waals surface area (Å²) in [7, 11) is 0. The smallest absolute Gasteiger partial charge is 0.471 e. The van der Waals surface area contributed by atoms with Gasteiger partial charge < -0.3 is 10.0 Å². The number of carbonyl (C=O) groups is 2. The van der Waals surface area contributed by atoms with Gasteiger partial charge in [0, 0.05) is 6.54 Å². The first-order valence-electron chi connectivity index (χ1n) is 5.39. The predicted octanol–water partition coefficient (Wildman–Crippen LogP) is 1.40. The van der Waals surface area contributed by atoms with Gasteiger partial charge in [-0.15, -0.1) is 0 Å². The van der Waals surface area contributed by atoms with E-state index in [0.29, 0.717) is 17.7 Å². The molecule has 1 N–H and O–H groups in total. The molecule has 0 unspecified atom stereocenters. The van der Waals surface area contributed by atoms with E-state index < -0.39 is 23.6 Å². The van der Waals surface area contributed by atoms with E-state index in [0.717, 1.165) is 0 Å². The Bertz CT molecular complexity index is 358. The molecule has 3 aliphatic rings. The van der Waals surface area contributed by atoms with E-state index in [1.807, 2.05) is 0 Å². The average Bonchev–Trinajstić information content (AvgIpc) is 2.28. The molecule has 3 fully saturated rings. The van der Waals surface area contributed by atoms with E-state index >= 15 is 0 Å². The van der Waals surface area contributed by atoms with Crippen LogP contribution in [-0.4, -0.2) is 40.1 Å². The van der Waals surface area contributed by atoms with Gasteiger partial charge in [0.05, 0.1) is 0 Å². The van der Waals surface area contributed by atoms with Gasteiger partial charge in [-0.3, -0.25) is 4.79 Å². The van der Waals surface area contributed by atoms with Crippen LogP contribution in [0.15, 0.2) is 0 Å². The molecule has 7 heteroatoms. The first-order chi connectivity index (χ1) is 7.77. The maximum Gasteiger partial charge on any atom is 0.471 e. The molecule has 0 radical (unpaired) electrons. The predicted molar refractivity (Wildman–Crippen MR) is 50.1 cm³/mol. The minimum absolute atomic E-state index is 0.00234. The summed E-state index contributed by atoms with van der Waals surface area (Å²) < 4.78 is 37.2. The minimum atomic E-state index is -5.00. The number of halogens is 3. The van der Waals surface area contributed by atoms with Crippen LogP contribution in [-0.2, 0) is 9.59 Å². The number of carboxylic acid groups (broad SMARTS) is 1. The van der Waals surface area contributed by atoms with Gasteiger partial charge in [-0.05, 0) is 31.6 Å². The number of fused-ring (bicyclic) bond motifs is 3. The van der Waals surface area contributed by atoms with Gasteiger partial charge >= 0.3 is 18.1 Å². The zero-order valence-electron chi connectivity index (χ0n) is 8.96. The quantitative estimate of drug-likeness (QED) is 0.766. The van der Waals surface area contributed by atoms with Crippen LogP contribution in [0.2, 0.25) is 0 Å². The largest absolute Gasteiger partial charge is 0.479 e. The second-order valence-corrected chi connectivity index (χ2v) is 4.69. The fourth-order valence-electron chi connectivity index (χ4n) is 2.80. The molecule has 1 saturated carbocycles. The summed E-state index contributed by atoms with van der Waals surface area (Å²) in [6.45, 7) is -0.0926. The number of piperidine rings is 2. The zero-order valence-corrected chi connectivity index (χ0v) is 8.96. The van der Waals surface area contributed by atoms with Crippen LogP contribution in [0.3, 0.4) is 0 Å². The van der Waals surface area contributed by atoms with Gasteiger partial charge in [0.15, 0.2) is 0 Å². The minimum Gasteiger partial charge on any atom is -0.479 e. The lowest BCUT2D eigenvalue weighted by Gasteiger charge is -2.51. The Morgan fingerprint density at radius 3 is 2.18 bits per heavy atom. The van der Waals surface area contributed by atoms with Gasteiger partial charge in [-0.2, -0.15) is 13.2 Å². The molecule has 0 spiro atoms. The van der Waals surface area contributed by atoms with E-state index in [2.05, 4.69) is 0 Å². The highest BCUT2D eigenvalue weighted by Crippen LogP contribution is 2.44. The van der Waals surface area contributed by atoms with Crippen LogP contribution in [0.4, 0.5) is 13.2 Å². The van der Waals surface area contributed by atoms with Crippen LogP contribution in [0.1, 0.15) is 25.7 Å². The molecule has 0 aromatic heterocycles. The Morgan fingerprint density at radius 2 is 1.76 bits per heavy atom. The fourth-order valence-corrected chi connectivity index (χ4v) is 2.80. The van der Waals surface area contributed by atoms with Crippen LogP contribution in [0.25, 0.3) is 0 Å². The normalized spacial score (nSPS) is 32.6. The Morgan fingerprint density at radius 1 is 1.24 bits per heavy atom. The Balaban J connectivity index is 2.33. The number of amides is 1. The van der Waals surface area contributed by atoms with E-state index in [1.54, 1.807) is 0 Å². The molecule has 17 heavy (non-hydrogen) atoms. The summed E-state index contributed by atoms with van der Waals surface area (Å²) in [6.07, 6.45) is -3.61. The van der Waals surface area contributed by atoms with Crippen LogP contribution in [0.5, 0.6) is 0 Å². The molecule has 0 atom stereocenters. The Hall–Kier alpha value is -1.27. The maximum absolute atomic E-state index is 12.4. The van der Waals surface area contributed by atoms with E-state index in [-0.39, 0.29) is 25.3 Å². The van der Waals surface area contributed by atoms with Crippen molar-refractivity contribution in [3.63, 3.8) is 0 Å². The van der Waals surface area contributed by atoms with Gasteiger partial charge in [-0.1, -0.05) is 0 Å². The number of rotatable bonds is 1. The molecule has 1 aliphatic carbocycles. The monoisotopic (exact) mass is 251 g/mol. The molecule has 3 rings (SSSR count). The molecule has 2 saturated heterocycles. The summed E-state index contributed by atoms with van der Waals surface area (Å²) in [5.41, 5.74) is -1.64. The number of hydrogen-bond donors (Lipinski definition) is 1. The highest BCUT2D eigenvalue weighted by atomic mass is 19.4. The molecule has 1 amide bonds. The fraction of sp³-hybridized carbons (Fsp3) is 0.800. The molecule has 2 bridgehead atoms. The van der Waals surface area contributed by atoms with Gasteiger partial charge in [-0.25, -0.2) is 4.79 Å². The zero-order chi connectivity index (χ0) is 12.8. The number of carboxylic acids is 1. The molecule has 2 aliphatic heterocycles. The molecule has 2 heterocycles. The van der Waals surface area contributed by atoms with Crippen molar-refractivity contribution in [2.45, 2.75) is 37.4 Å². The van der Waals surface area contributed by atoms with Crippen molar-refractivity contribution in [2.75, 3.05) is 6.54 Å². The molecular formula is C10H12F3NO3. The lowest BCUT2D eigenvalue weighted by Crippen LogP contribution is -2.66. The standard InChI is InChI=1S/C10H12F3NO3/c11-10(12,13)7(15)14-5-6-1-3-9(14,4-2-6)8(16)17/h6H,1-5H2,(H,16,17). The summed E-state index contributed by atoms with van der Waals surface area (Å²) >= 11 is 0. The van der Waals surface area contributed by atoms with Gasteiger partial charge in [0.25, 0.3) is 0 Å². The molecular weight excluding hydrogens is 239 g/mol. The SMILES string of the molecule is O=C(N1CC2CCC1(C(=O)O)CC2)C(F)(F)F. The van der Waals surface area contributed by atoms with Crippen molar-refractivity contribution in [3.05, 3.63) is 0 Å². The van der Waals surface area contributed by atoms with Crippen molar-refractivity contribution in [1.29, 1.82) is 0 Å². The third-order valence-electron chi connectivity index (χ3n) is 3.78. The number of alkyl halides is 3. The second-order valence-electron chi connectivity index (χ2n) is 4.69. The average molecular weight is 251 g/mol. The van der Waals surface area contributed by atoms with Crippen LogP contribution < -0.4 is 0 Å². The number of nitrogens with zero attached hydrogens (tertiary/aromatic N) is 1. The third-order valence-corrected chi connectivity index (χ3v) is 3.78. The van der Waals surface area contributed by atoms with Gasteiger partial charge in [0.2, 0.25) is 0 Å². The lowest BCUT2D eigenvalue weighted by molar-refractivity contribution is -0.203. The molecule has 96 valence electrons. The highest BCUT2D eigenvalue weighted by molar-refractivity contribution is 5.90. The Labute approximate surface area is 95.4 Å². The van der Waals surface area contributed by atoms with Crippen molar-refractivity contribution < 1.29 is 27.9 Å². The Kier molecular flexibility index (Phi) is 2.59. The summed E-state index contributed by atoms with van der Waals surface area (Å²) in [4.78, 5) is 23.0. The maximum atomic E-state index is 12.4. The summed E-state index contributed by atoms with van der Waals surface area (Å²) in [5.74, 6) is -3.35. The van der Waals surface area contributed by atoms with E-state index in [4.69, 9.17) is 5.11 Å². The summed E-state index contributed by atoms with van der Waals surface area (Å²) in [6, 6.07) is 0. The second kappa shape index (κ2) is 3.61. The molecule has 0 aromatic rings. The van der Waals surface area contributed by atoms with Crippen molar-refractivity contribution in [3.8, 4) is 0 Å². The van der Waals surface area contributed by atoms with E-state index in [1.165, 1.54) is 0 Å². The topological polar surface area (TPSA) is 57.6 Å². The van der Waals surface area contributed by atoms with Crippen molar-refractivity contribution >= 4 is 11.9 Å². The first kappa shape index (κ1) is 12.2. The van der Waals surface area contributed by atoms with E-state index in [9.17, 15) is 22.8 Å². The number of hydrogen-bond acceptors (Lipinski definition) is 2. The molecule has 4 nitrogen and oxygen atoms in total. The van der Waals surface area contributed by atoms with Gasteiger partial charge in [0.1, 0.15) is 5.54 Å². The lowest BCUT2D eigenvalue weighted by atomic mass is 9.70. The number of aliphatic carboxylic acids is 1. The third kappa shape index (κ3) is 1.77. The first-order valence-corrected chi connectivity index (χ1v) is 5.39. The molecule has 0 aromatic carbocycles.